The van der Waals surface area contributed by atoms with Crippen molar-refractivity contribution in [3.8, 4) is 0 Å². The molecule has 2 fully saturated rings. The van der Waals surface area contributed by atoms with Crippen molar-refractivity contribution in [3.63, 3.8) is 0 Å². The van der Waals surface area contributed by atoms with Crippen molar-refractivity contribution in [2.45, 2.75) is 50.8 Å². The first-order valence-corrected chi connectivity index (χ1v) is 12.0. The number of rotatable bonds is 4. The first-order valence-electron chi connectivity index (χ1n) is 11.6. The maximum atomic E-state index is 12.7. The summed E-state index contributed by atoms with van der Waals surface area (Å²) in [6.07, 6.45) is 2.15. The van der Waals surface area contributed by atoms with Gasteiger partial charge in [0.05, 0.1) is 5.02 Å². The van der Waals surface area contributed by atoms with Crippen molar-refractivity contribution in [3.05, 3.63) is 59.4 Å². The molecule has 2 aromatic rings. The number of para-hydroxylation sites is 1. The lowest BCUT2D eigenvalue weighted by Gasteiger charge is -2.49. The van der Waals surface area contributed by atoms with Gasteiger partial charge in [0, 0.05) is 61.8 Å². The van der Waals surface area contributed by atoms with Crippen LogP contribution in [-0.2, 0) is 4.74 Å². The van der Waals surface area contributed by atoms with Gasteiger partial charge in [0.1, 0.15) is 5.60 Å². The van der Waals surface area contributed by atoms with E-state index in [9.17, 15) is 9.59 Å². The highest BCUT2D eigenvalue weighted by Crippen LogP contribution is 2.30. The number of ether oxygens (including phenoxy) is 1. The zero-order valence-corrected chi connectivity index (χ0v) is 20.6. The number of likely N-dealkylation sites (tertiary alicyclic amines) is 2. The number of hydrogen-bond acceptors (Lipinski definition) is 5. The van der Waals surface area contributed by atoms with Crippen LogP contribution in [0.25, 0.3) is 0 Å². The van der Waals surface area contributed by atoms with Gasteiger partial charge < -0.3 is 20.3 Å². The number of urea groups is 1. The van der Waals surface area contributed by atoms with Gasteiger partial charge in [0.15, 0.2) is 0 Å². The summed E-state index contributed by atoms with van der Waals surface area (Å²) in [6, 6.07) is 13.1. The molecule has 0 aliphatic carbocycles. The maximum Gasteiger partial charge on any atom is 0.410 e. The SMILES string of the molecule is CC(C)(C)OC(=O)N1CC(N2CC[C@@H](NC(=O)Nc3ccccc3)[C@H](c3ccc(Cl)cn3)C2)C1. The van der Waals surface area contributed by atoms with Gasteiger partial charge >= 0.3 is 12.1 Å². The molecule has 0 spiro atoms. The Bertz CT molecular complexity index is 990. The van der Waals surface area contributed by atoms with E-state index in [2.05, 4.69) is 20.5 Å². The van der Waals surface area contributed by atoms with Gasteiger partial charge in [-0.1, -0.05) is 29.8 Å². The lowest BCUT2D eigenvalue weighted by Crippen LogP contribution is -2.64. The molecule has 1 aromatic heterocycles. The van der Waals surface area contributed by atoms with E-state index >= 15 is 0 Å². The molecule has 3 heterocycles. The summed E-state index contributed by atoms with van der Waals surface area (Å²) < 4.78 is 5.48. The van der Waals surface area contributed by atoms with Gasteiger partial charge in [-0.05, 0) is 51.5 Å². The number of benzene rings is 1. The van der Waals surface area contributed by atoms with Crippen molar-refractivity contribution in [2.24, 2.45) is 0 Å². The normalized spacial score (nSPS) is 21.5. The van der Waals surface area contributed by atoms with E-state index in [0.29, 0.717) is 18.1 Å². The second-order valence-electron chi connectivity index (χ2n) is 9.90. The standard InChI is InChI=1S/C25H32ClN5O3/c1-25(2,3)34-24(33)31-14-19(15-31)30-12-11-22(20(16-30)21-10-9-17(26)13-27-21)29-23(32)28-18-7-5-4-6-8-18/h4-10,13,19-20,22H,11-12,14-16H2,1-3H3,(H2,28,29,32)/t20-,22+/m0/s1. The molecule has 3 amide bonds. The van der Waals surface area contributed by atoms with E-state index in [0.717, 1.165) is 30.9 Å². The molecular formula is C25H32ClN5O3. The molecule has 2 N–H and O–H groups in total. The number of pyridine rings is 1. The van der Waals surface area contributed by atoms with Crippen molar-refractivity contribution < 1.29 is 14.3 Å². The summed E-state index contributed by atoms with van der Waals surface area (Å²) in [4.78, 5) is 33.7. The van der Waals surface area contributed by atoms with E-state index in [-0.39, 0.29) is 30.1 Å². The Labute approximate surface area is 205 Å². The van der Waals surface area contributed by atoms with Gasteiger partial charge in [-0.2, -0.15) is 0 Å². The number of nitrogens with one attached hydrogen (secondary N) is 2. The van der Waals surface area contributed by atoms with Crippen LogP contribution in [0.4, 0.5) is 15.3 Å². The van der Waals surface area contributed by atoms with E-state index in [4.69, 9.17) is 16.3 Å². The molecule has 2 atom stereocenters. The molecule has 0 saturated carbocycles. The first kappa shape index (κ1) is 24.3. The molecule has 0 unspecified atom stereocenters. The van der Waals surface area contributed by atoms with Crippen LogP contribution >= 0.6 is 11.6 Å². The lowest BCUT2D eigenvalue weighted by molar-refractivity contribution is -0.0222. The number of amides is 3. The van der Waals surface area contributed by atoms with Gasteiger partial charge in [0.25, 0.3) is 0 Å². The minimum Gasteiger partial charge on any atom is -0.444 e. The Balaban J connectivity index is 1.40. The highest BCUT2D eigenvalue weighted by molar-refractivity contribution is 6.30. The first-order chi connectivity index (χ1) is 16.2. The fraction of sp³-hybridized carbons (Fsp3) is 0.480. The van der Waals surface area contributed by atoms with Crippen LogP contribution in [0, 0.1) is 0 Å². The summed E-state index contributed by atoms with van der Waals surface area (Å²) in [5.74, 6) is 0.00289. The second-order valence-corrected chi connectivity index (χ2v) is 10.3. The number of aromatic nitrogens is 1. The number of hydrogen-bond donors (Lipinski definition) is 2. The van der Waals surface area contributed by atoms with Crippen LogP contribution in [0.2, 0.25) is 5.02 Å². The molecule has 0 radical (unpaired) electrons. The highest BCUT2D eigenvalue weighted by atomic mass is 35.5. The largest absolute Gasteiger partial charge is 0.444 e. The molecule has 2 saturated heterocycles. The second kappa shape index (κ2) is 10.2. The Morgan fingerprint density at radius 1 is 1.09 bits per heavy atom. The smallest absolute Gasteiger partial charge is 0.410 e. The highest BCUT2D eigenvalue weighted by Gasteiger charge is 2.41. The number of halogens is 1. The van der Waals surface area contributed by atoms with Crippen LogP contribution in [0.15, 0.2) is 48.7 Å². The lowest BCUT2D eigenvalue weighted by atomic mass is 9.87. The van der Waals surface area contributed by atoms with Crippen molar-refractivity contribution in [1.82, 2.24) is 20.1 Å². The fourth-order valence-electron chi connectivity index (χ4n) is 4.41. The molecule has 4 rings (SSSR count). The van der Waals surface area contributed by atoms with Crippen molar-refractivity contribution >= 4 is 29.4 Å². The van der Waals surface area contributed by atoms with Gasteiger partial charge in [-0.25, -0.2) is 9.59 Å². The molecule has 1 aromatic carbocycles. The van der Waals surface area contributed by atoms with Crippen LogP contribution in [0.5, 0.6) is 0 Å². The number of nitrogens with zero attached hydrogens (tertiary/aromatic N) is 3. The van der Waals surface area contributed by atoms with Crippen molar-refractivity contribution in [1.29, 1.82) is 0 Å². The number of anilines is 1. The summed E-state index contributed by atoms with van der Waals surface area (Å²) in [5, 5.41) is 6.62. The maximum absolute atomic E-state index is 12.7. The average molecular weight is 486 g/mol. The van der Waals surface area contributed by atoms with E-state index in [1.165, 1.54) is 0 Å². The molecule has 2 aliphatic rings. The average Bonchev–Trinajstić information content (AvgIpc) is 2.73. The molecule has 2 aliphatic heterocycles. The van der Waals surface area contributed by atoms with Crippen LogP contribution in [0.1, 0.15) is 38.8 Å². The fourth-order valence-corrected chi connectivity index (χ4v) is 4.52. The Morgan fingerprint density at radius 2 is 1.82 bits per heavy atom. The van der Waals surface area contributed by atoms with Crippen LogP contribution in [0.3, 0.4) is 0 Å². The van der Waals surface area contributed by atoms with Gasteiger partial charge in [-0.3, -0.25) is 9.88 Å². The Morgan fingerprint density at radius 3 is 2.47 bits per heavy atom. The predicted molar refractivity (Wildman–Crippen MR) is 132 cm³/mol. The summed E-state index contributed by atoms with van der Waals surface area (Å²) >= 11 is 6.06. The molecule has 0 bridgehead atoms. The molecule has 8 nitrogen and oxygen atoms in total. The minimum atomic E-state index is -0.502. The van der Waals surface area contributed by atoms with Gasteiger partial charge in [-0.15, -0.1) is 0 Å². The summed E-state index contributed by atoms with van der Waals surface area (Å²) in [7, 11) is 0. The number of carbonyl (C=O) groups excluding carboxylic acids is 2. The molecule has 182 valence electrons. The summed E-state index contributed by atoms with van der Waals surface area (Å²) in [5.41, 5.74) is 1.13. The van der Waals surface area contributed by atoms with Gasteiger partial charge in [0.2, 0.25) is 0 Å². The molecular weight excluding hydrogens is 454 g/mol. The Kier molecular flexibility index (Phi) is 7.28. The number of piperidine rings is 1. The van der Waals surface area contributed by atoms with E-state index < -0.39 is 5.60 Å². The number of carbonyl (C=O) groups is 2. The van der Waals surface area contributed by atoms with Crippen LogP contribution in [-0.4, -0.2) is 70.8 Å². The molecule has 34 heavy (non-hydrogen) atoms. The monoisotopic (exact) mass is 485 g/mol. The summed E-state index contributed by atoms with van der Waals surface area (Å²) in [6.45, 7) is 8.46. The molecule has 9 heteroatoms. The quantitative estimate of drug-likeness (QED) is 0.673. The van der Waals surface area contributed by atoms with E-state index in [1.807, 2.05) is 63.2 Å². The topological polar surface area (TPSA) is 86.8 Å². The zero-order chi connectivity index (χ0) is 24.3. The third-order valence-corrected chi connectivity index (χ3v) is 6.38. The third-order valence-electron chi connectivity index (χ3n) is 6.15. The predicted octanol–water partition coefficient (Wildman–Crippen LogP) is 4.33. The van der Waals surface area contributed by atoms with E-state index in [1.54, 1.807) is 11.1 Å². The van der Waals surface area contributed by atoms with Crippen molar-refractivity contribution in [2.75, 3.05) is 31.5 Å². The minimum absolute atomic E-state index is 0.00289. The zero-order valence-electron chi connectivity index (χ0n) is 19.8. The van der Waals surface area contributed by atoms with Crippen LogP contribution < -0.4 is 10.6 Å². The Hall–Kier alpha value is -2.84. The third kappa shape index (κ3) is 6.18.